The van der Waals surface area contributed by atoms with Crippen LogP contribution in [-0.2, 0) is 0 Å². The molecule has 0 bridgehead atoms. The number of hydrogen-bond donors (Lipinski definition) is 1. The summed E-state index contributed by atoms with van der Waals surface area (Å²) in [5.41, 5.74) is 7.14. The van der Waals surface area contributed by atoms with Gasteiger partial charge in [-0.2, -0.15) is 0 Å². The number of anilines is 1. The molecule has 3 aromatic rings. The van der Waals surface area contributed by atoms with E-state index in [0.717, 1.165) is 0 Å². The van der Waals surface area contributed by atoms with Crippen LogP contribution in [0.3, 0.4) is 0 Å². The quantitative estimate of drug-likeness (QED) is 0.736. The van der Waals surface area contributed by atoms with Crippen molar-refractivity contribution in [1.29, 1.82) is 0 Å². The topological polar surface area (TPSA) is 51.8 Å². The molecule has 1 heterocycles. The van der Waals surface area contributed by atoms with Gasteiger partial charge in [0.1, 0.15) is 11.6 Å². The summed E-state index contributed by atoms with van der Waals surface area (Å²) in [5.74, 6) is 0.301. The summed E-state index contributed by atoms with van der Waals surface area (Å²) in [6.45, 7) is 0. The maximum atomic E-state index is 13.2. The molecule has 2 N–H and O–H groups in total. The molecule has 94 valence electrons. The molecule has 0 fully saturated rings. The van der Waals surface area contributed by atoms with Crippen molar-refractivity contribution >= 4 is 28.3 Å². The maximum Gasteiger partial charge on any atom is 0.163 e. The van der Waals surface area contributed by atoms with Gasteiger partial charge >= 0.3 is 0 Å². The third-order valence-electron chi connectivity index (χ3n) is 2.80. The maximum absolute atomic E-state index is 13.2. The number of nitrogen functional groups attached to an aromatic ring is 1. The second-order valence-electron chi connectivity index (χ2n) is 4.07. The molecule has 1 aromatic heterocycles. The predicted octanol–water partition coefficient (Wildman–Crippen LogP) is 3.67. The Morgan fingerprint density at radius 2 is 1.84 bits per heavy atom. The van der Waals surface area contributed by atoms with Gasteiger partial charge in [-0.15, -0.1) is 0 Å². The number of benzene rings is 2. The van der Waals surface area contributed by atoms with Gasteiger partial charge in [0.2, 0.25) is 0 Å². The van der Waals surface area contributed by atoms with Crippen LogP contribution in [0.5, 0.6) is 0 Å². The van der Waals surface area contributed by atoms with E-state index in [2.05, 4.69) is 9.97 Å². The molecule has 19 heavy (non-hydrogen) atoms. The Morgan fingerprint density at radius 3 is 2.63 bits per heavy atom. The van der Waals surface area contributed by atoms with E-state index in [4.69, 9.17) is 17.3 Å². The molecule has 0 radical (unpaired) electrons. The first kappa shape index (κ1) is 11.9. The van der Waals surface area contributed by atoms with E-state index in [0.29, 0.717) is 27.3 Å². The van der Waals surface area contributed by atoms with Crippen molar-refractivity contribution in [3.05, 3.63) is 53.3 Å². The van der Waals surface area contributed by atoms with Gasteiger partial charge in [0.15, 0.2) is 5.82 Å². The summed E-state index contributed by atoms with van der Waals surface area (Å²) in [4.78, 5) is 8.56. The highest BCUT2D eigenvalue weighted by Gasteiger charge is 2.10. The third kappa shape index (κ3) is 2.11. The van der Waals surface area contributed by atoms with Crippen molar-refractivity contribution in [2.45, 2.75) is 0 Å². The van der Waals surface area contributed by atoms with Crippen LogP contribution >= 0.6 is 11.6 Å². The number of nitrogens with two attached hydrogens (primary N) is 1. The fraction of sp³-hybridized carbons (Fsp3) is 0. The second-order valence-corrected chi connectivity index (χ2v) is 4.48. The second kappa shape index (κ2) is 4.48. The van der Waals surface area contributed by atoms with E-state index in [1.807, 2.05) is 18.2 Å². The van der Waals surface area contributed by atoms with Gasteiger partial charge in [-0.25, -0.2) is 14.4 Å². The smallest absolute Gasteiger partial charge is 0.163 e. The first-order valence-corrected chi connectivity index (χ1v) is 6.00. The summed E-state index contributed by atoms with van der Waals surface area (Å²) >= 11 is 6.11. The number of halogens is 2. The predicted molar refractivity (Wildman–Crippen MR) is 74.4 cm³/mol. The average molecular weight is 274 g/mol. The summed E-state index contributed by atoms with van der Waals surface area (Å²) in [5, 5.41) is 1.04. The van der Waals surface area contributed by atoms with E-state index < -0.39 is 0 Å². The summed E-state index contributed by atoms with van der Waals surface area (Å²) in [6.07, 6.45) is 0. The van der Waals surface area contributed by atoms with Crippen LogP contribution < -0.4 is 5.73 Å². The van der Waals surface area contributed by atoms with Crippen LogP contribution in [0, 0.1) is 5.82 Å². The molecule has 0 saturated heterocycles. The highest BCUT2D eigenvalue weighted by Crippen LogP contribution is 2.28. The summed E-state index contributed by atoms with van der Waals surface area (Å²) in [7, 11) is 0. The van der Waals surface area contributed by atoms with Crippen LogP contribution in [0.1, 0.15) is 0 Å². The minimum Gasteiger partial charge on any atom is -0.383 e. The van der Waals surface area contributed by atoms with Gasteiger partial charge in [-0.1, -0.05) is 23.7 Å². The fourth-order valence-corrected chi connectivity index (χ4v) is 2.11. The van der Waals surface area contributed by atoms with E-state index in [9.17, 15) is 4.39 Å². The van der Waals surface area contributed by atoms with Crippen LogP contribution in [-0.4, -0.2) is 9.97 Å². The van der Waals surface area contributed by atoms with Crippen LogP contribution in [0.25, 0.3) is 22.3 Å². The molecule has 2 aromatic carbocycles. The highest BCUT2D eigenvalue weighted by molar-refractivity contribution is 6.33. The molecule has 0 amide bonds. The zero-order valence-electron chi connectivity index (χ0n) is 9.77. The zero-order valence-corrected chi connectivity index (χ0v) is 10.5. The van der Waals surface area contributed by atoms with Crippen molar-refractivity contribution < 1.29 is 4.39 Å². The fourth-order valence-electron chi connectivity index (χ4n) is 1.89. The Kier molecular flexibility index (Phi) is 2.80. The first-order chi connectivity index (χ1) is 9.15. The van der Waals surface area contributed by atoms with Crippen molar-refractivity contribution in [3.63, 3.8) is 0 Å². The van der Waals surface area contributed by atoms with Crippen molar-refractivity contribution in [2.75, 3.05) is 5.73 Å². The number of aromatic nitrogens is 2. The standard InChI is InChI=1S/C14H9ClFN3/c15-11-4-2-1-3-9(11)14-18-12-6-5-8(16)7-10(12)13(17)19-14/h1-7H,(H2,17,18,19). The lowest BCUT2D eigenvalue weighted by atomic mass is 10.2. The van der Waals surface area contributed by atoms with Crippen molar-refractivity contribution in [2.24, 2.45) is 0 Å². The van der Waals surface area contributed by atoms with Crippen molar-refractivity contribution in [3.8, 4) is 11.4 Å². The lowest BCUT2D eigenvalue weighted by Crippen LogP contribution is -1.98. The van der Waals surface area contributed by atoms with Gasteiger partial charge in [-0.05, 0) is 30.3 Å². The average Bonchev–Trinajstić information content (AvgIpc) is 2.40. The normalized spacial score (nSPS) is 10.8. The van der Waals surface area contributed by atoms with Gasteiger partial charge in [0.05, 0.1) is 10.5 Å². The number of fused-ring (bicyclic) bond motifs is 1. The summed E-state index contributed by atoms with van der Waals surface area (Å²) < 4.78 is 13.2. The Labute approximate surface area is 113 Å². The minimum atomic E-state index is -0.367. The molecule has 0 aliphatic carbocycles. The largest absolute Gasteiger partial charge is 0.383 e. The van der Waals surface area contributed by atoms with E-state index in [1.165, 1.54) is 12.1 Å². The third-order valence-corrected chi connectivity index (χ3v) is 3.13. The number of hydrogen-bond acceptors (Lipinski definition) is 3. The lowest BCUT2D eigenvalue weighted by Gasteiger charge is -2.06. The summed E-state index contributed by atoms with van der Waals surface area (Å²) in [6, 6.07) is 11.5. The van der Waals surface area contributed by atoms with Gasteiger partial charge in [-0.3, -0.25) is 0 Å². The van der Waals surface area contributed by atoms with Gasteiger partial charge in [0.25, 0.3) is 0 Å². The van der Waals surface area contributed by atoms with Crippen LogP contribution in [0.4, 0.5) is 10.2 Å². The molecule has 5 heteroatoms. The number of nitrogens with zero attached hydrogens (tertiary/aromatic N) is 2. The Hall–Kier alpha value is -2.20. The molecule has 0 aliphatic rings. The molecule has 3 rings (SSSR count). The monoisotopic (exact) mass is 273 g/mol. The lowest BCUT2D eigenvalue weighted by molar-refractivity contribution is 0.629. The Balaban J connectivity index is 2.27. The van der Waals surface area contributed by atoms with Crippen LogP contribution in [0.2, 0.25) is 5.02 Å². The highest BCUT2D eigenvalue weighted by atomic mass is 35.5. The van der Waals surface area contributed by atoms with Crippen LogP contribution in [0.15, 0.2) is 42.5 Å². The minimum absolute atomic E-state index is 0.236. The molecular formula is C14H9ClFN3. The van der Waals surface area contributed by atoms with E-state index in [-0.39, 0.29) is 11.6 Å². The van der Waals surface area contributed by atoms with Crippen molar-refractivity contribution in [1.82, 2.24) is 9.97 Å². The number of rotatable bonds is 1. The van der Waals surface area contributed by atoms with E-state index in [1.54, 1.807) is 12.1 Å². The molecule has 0 atom stereocenters. The van der Waals surface area contributed by atoms with E-state index >= 15 is 0 Å². The molecule has 0 saturated carbocycles. The zero-order chi connectivity index (χ0) is 13.4. The molecule has 0 aliphatic heterocycles. The molecule has 0 spiro atoms. The van der Waals surface area contributed by atoms with Gasteiger partial charge < -0.3 is 5.73 Å². The van der Waals surface area contributed by atoms with Gasteiger partial charge in [0, 0.05) is 10.9 Å². The Bertz CT molecular complexity index is 774. The molecule has 0 unspecified atom stereocenters. The first-order valence-electron chi connectivity index (χ1n) is 5.63. The Morgan fingerprint density at radius 1 is 1.05 bits per heavy atom. The molecule has 3 nitrogen and oxygen atoms in total. The molecular weight excluding hydrogens is 265 g/mol. The SMILES string of the molecule is Nc1nc(-c2ccccc2Cl)nc2ccc(F)cc12.